The summed E-state index contributed by atoms with van der Waals surface area (Å²) in [6, 6.07) is -0.287. The van der Waals surface area contributed by atoms with Crippen molar-refractivity contribution in [3.8, 4) is 0 Å². The molecule has 0 radical (unpaired) electrons. The minimum atomic E-state index is -0.948. The molecule has 0 unspecified atom stereocenters. The lowest BCUT2D eigenvalue weighted by atomic mass is 10.1. The molecule has 0 atom stereocenters. The lowest BCUT2D eigenvalue weighted by Crippen LogP contribution is -2.13. The molecule has 0 spiro atoms. The SMILES string of the molecule is CCCCCCCC(=O)OCOC(=O)OCCl. The molecule has 0 aromatic carbocycles. The number of ether oxygens (including phenoxy) is 3. The molecule has 0 saturated heterocycles. The summed E-state index contributed by atoms with van der Waals surface area (Å²) < 4.78 is 13.3. The Labute approximate surface area is 106 Å². The second kappa shape index (κ2) is 11.5. The Morgan fingerprint density at radius 1 is 1.00 bits per heavy atom. The fourth-order valence-electron chi connectivity index (χ4n) is 1.17. The zero-order valence-electron chi connectivity index (χ0n) is 10.1. The Balaban J connectivity index is 3.31. The molecule has 0 N–H and O–H groups in total. The van der Waals surface area contributed by atoms with Crippen molar-refractivity contribution in [2.75, 3.05) is 12.9 Å². The Morgan fingerprint density at radius 2 is 1.71 bits per heavy atom. The zero-order valence-corrected chi connectivity index (χ0v) is 10.8. The molecule has 0 amide bonds. The van der Waals surface area contributed by atoms with Gasteiger partial charge in [-0.2, -0.15) is 0 Å². The highest BCUT2D eigenvalue weighted by Crippen LogP contribution is 2.05. The standard InChI is InChI=1S/C11H19ClO5/c1-2-3-4-5-6-7-10(13)16-9-17-11(14)15-8-12/h2-9H2,1H3. The van der Waals surface area contributed by atoms with Crippen molar-refractivity contribution in [1.82, 2.24) is 0 Å². The van der Waals surface area contributed by atoms with Crippen LogP contribution in [-0.4, -0.2) is 25.0 Å². The lowest BCUT2D eigenvalue weighted by molar-refractivity contribution is -0.153. The van der Waals surface area contributed by atoms with Crippen molar-refractivity contribution in [2.24, 2.45) is 0 Å². The number of rotatable bonds is 9. The number of unbranched alkanes of at least 4 members (excludes halogenated alkanes) is 4. The van der Waals surface area contributed by atoms with Crippen molar-refractivity contribution >= 4 is 23.7 Å². The van der Waals surface area contributed by atoms with E-state index in [4.69, 9.17) is 11.6 Å². The van der Waals surface area contributed by atoms with Crippen LogP contribution < -0.4 is 0 Å². The Morgan fingerprint density at radius 3 is 2.35 bits per heavy atom. The predicted octanol–water partition coefficient (Wildman–Crippen LogP) is 3.20. The van der Waals surface area contributed by atoms with Gasteiger partial charge in [-0.25, -0.2) is 4.79 Å². The van der Waals surface area contributed by atoms with Gasteiger partial charge < -0.3 is 14.2 Å². The molecule has 0 aromatic heterocycles. The van der Waals surface area contributed by atoms with Crippen LogP contribution in [0.5, 0.6) is 0 Å². The monoisotopic (exact) mass is 266 g/mol. The van der Waals surface area contributed by atoms with Gasteiger partial charge in [0, 0.05) is 6.42 Å². The van der Waals surface area contributed by atoms with Gasteiger partial charge in [0.2, 0.25) is 6.79 Å². The number of alkyl halides is 1. The highest BCUT2D eigenvalue weighted by molar-refractivity contribution is 6.17. The fourth-order valence-corrected chi connectivity index (χ4v) is 1.26. The molecule has 0 fully saturated rings. The average Bonchev–Trinajstić information content (AvgIpc) is 2.29. The van der Waals surface area contributed by atoms with Gasteiger partial charge in [0.1, 0.15) is 0 Å². The van der Waals surface area contributed by atoms with Crippen LogP contribution in [0.3, 0.4) is 0 Å². The van der Waals surface area contributed by atoms with Gasteiger partial charge in [-0.15, -0.1) is 0 Å². The van der Waals surface area contributed by atoms with E-state index in [1.165, 1.54) is 12.8 Å². The van der Waals surface area contributed by atoms with Gasteiger partial charge in [0.15, 0.2) is 6.07 Å². The van der Waals surface area contributed by atoms with Crippen molar-refractivity contribution in [3.05, 3.63) is 0 Å². The molecule has 0 aliphatic rings. The number of hydrogen-bond donors (Lipinski definition) is 0. The van der Waals surface area contributed by atoms with E-state index in [9.17, 15) is 9.59 Å². The molecule has 0 aromatic rings. The van der Waals surface area contributed by atoms with Crippen LogP contribution in [0.15, 0.2) is 0 Å². The second-order valence-electron chi connectivity index (χ2n) is 3.45. The first kappa shape index (κ1) is 16.0. The van der Waals surface area contributed by atoms with Crippen LogP contribution in [0.1, 0.15) is 45.4 Å². The summed E-state index contributed by atoms with van der Waals surface area (Å²) in [6.45, 7) is 1.70. The zero-order chi connectivity index (χ0) is 12.9. The van der Waals surface area contributed by atoms with E-state index in [0.717, 1.165) is 19.3 Å². The maximum absolute atomic E-state index is 11.1. The summed E-state index contributed by atoms with van der Waals surface area (Å²) in [5.41, 5.74) is 0. The summed E-state index contributed by atoms with van der Waals surface area (Å²) in [4.78, 5) is 21.8. The van der Waals surface area contributed by atoms with E-state index in [-0.39, 0.29) is 12.0 Å². The fraction of sp³-hybridized carbons (Fsp3) is 0.818. The third kappa shape index (κ3) is 11.3. The molecule has 5 nitrogen and oxygen atoms in total. The molecule has 100 valence electrons. The molecule has 0 heterocycles. The molecule has 6 heteroatoms. The topological polar surface area (TPSA) is 61.8 Å². The molecular formula is C11H19ClO5. The van der Waals surface area contributed by atoms with Crippen LogP contribution in [0.4, 0.5) is 4.79 Å². The molecule has 17 heavy (non-hydrogen) atoms. The van der Waals surface area contributed by atoms with Gasteiger partial charge in [-0.1, -0.05) is 44.2 Å². The summed E-state index contributed by atoms with van der Waals surface area (Å²) >= 11 is 5.12. The minimum absolute atomic E-state index is 0.287. The van der Waals surface area contributed by atoms with Crippen LogP contribution >= 0.6 is 11.6 Å². The van der Waals surface area contributed by atoms with Crippen LogP contribution in [0.2, 0.25) is 0 Å². The van der Waals surface area contributed by atoms with Gasteiger partial charge >= 0.3 is 12.1 Å². The van der Waals surface area contributed by atoms with E-state index in [1.54, 1.807) is 0 Å². The summed E-state index contributed by atoms with van der Waals surface area (Å²) in [7, 11) is 0. The van der Waals surface area contributed by atoms with E-state index in [0.29, 0.717) is 6.42 Å². The first-order valence-electron chi connectivity index (χ1n) is 5.71. The highest BCUT2D eigenvalue weighted by Gasteiger charge is 2.06. The maximum atomic E-state index is 11.1. The first-order valence-corrected chi connectivity index (χ1v) is 6.25. The molecule has 0 aliphatic carbocycles. The second-order valence-corrected chi connectivity index (χ2v) is 3.66. The quantitative estimate of drug-likeness (QED) is 0.278. The smallest absolute Gasteiger partial charge is 0.428 e. The van der Waals surface area contributed by atoms with Gasteiger partial charge in [0.25, 0.3) is 0 Å². The summed E-state index contributed by atoms with van der Waals surface area (Å²) in [5, 5.41) is 0. The van der Waals surface area contributed by atoms with Gasteiger partial charge in [-0.3, -0.25) is 4.79 Å². The maximum Gasteiger partial charge on any atom is 0.512 e. The molecule has 0 bridgehead atoms. The third-order valence-corrected chi connectivity index (χ3v) is 2.16. The van der Waals surface area contributed by atoms with Crippen molar-refractivity contribution in [2.45, 2.75) is 45.4 Å². The normalized spacial score (nSPS) is 9.76. The molecule has 0 saturated carbocycles. The van der Waals surface area contributed by atoms with E-state index >= 15 is 0 Å². The van der Waals surface area contributed by atoms with E-state index in [1.807, 2.05) is 0 Å². The predicted molar refractivity (Wildman–Crippen MR) is 62.6 cm³/mol. The van der Waals surface area contributed by atoms with E-state index < -0.39 is 12.9 Å². The van der Waals surface area contributed by atoms with Crippen LogP contribution in [0.25, 0.3) is 0 Å². The number of halogens is 1. The average molecular weight is 267 g/mol. The number of carbonyl (C=O) groups is 2. The number of carbonyl (C=O) groups excluding carboxylic acids is 2. The lowest BCUT2D eigenvalue weighted by Gasteiger charge is -2.05. The highest BCUT2D eigenvalue weighted by atomic mass is 35.5. The molecule has 0 rings (SSSR count). The minimum Gasteiger partial charge on any atom is -0.428 e. The number of esters is 1. The molecular weight excluding hydrogens is 248 g/mol. The number of hydrogen-bond acceptors (Lipinski definition) is 5. The first-order chi connectivity index (χ1) is 8.20. The van der Waals surface area contributed by atoms with Crippen LogP contribution in [-0.2, 0) is 19.0 Å². The van der Waals surface area contributed by atoms with Crippen molar-refractivity contribution in [3.63, 3.8) is 0 Å². The summed E-state index contributed by atoms with van der Waals surface area (Å²) in [5.74, 6) is -0.375. The third-order valence-electron chi connectivity index (χ3n) is 2.05. The molecule has 0 aliphatic heterocycles. The Kier molecular flexibility index (Phi) is 10.9. The largest absolute Gasteiger partial charge is 0.512 e. The van der Waals surface area contributed by atoms with E-state index in [2.05, 4.69) is 21.1 Å². The van der Waals surface area contributed by atoms with Gasteiger partial charge in [0.05, 0.1) is 0 Å². The Hall–Kier alpha value is -0.970. The summed E-state index contributed by atoms with van der Waals surface area (Å²) in [6.07, 6.45) is 4.68. The van der Waals surface area contributed by atoms with Crippen molar-refractivity contribution < 1.29 is 23.8 Å². The van der Waals surface area contributed by atoms with Gasteiger partial charge in [-0.05, 0) is 6.42 Å². The van der Waals surface area contributed by atoms with Crippen molar-refractivity contribution in [1.29, 1.82) is 0 Å². The Bertz CT molecular complexity index is 220. The van der Waals surface area contributed by atoms with Crippen LogP contribution in [0, 0.1) is 0 Å².